The molecule has 3 N–H and O–H groups in total. The predicted octanol–water partition coefficient (Wildman–Crippen LogP) is 2.51. The summed E-state index contributed by atoms with van der Waals surface area (Å²) in [6.45, 7) is 18.0. The van der Waals surface area contributed by atoms with Gasteiger partial charge in [0, 0.05) is 18.3 Å². The van der Waals surface area contributed by atoms with E-state index in [1.165, 1.54) is 0 Å². The zero-order chi connectivity index (χ0) is 11.6. The maximum absolute atomic E-state index is 5.71. The molecule has 0 amide bonds. The maximum atomic E-state index is 5.71. The van der Waals surface area contributed by atoms with Crippen molar-refractivity contribution in [3.05, 3.63) is 12.3 Å². The van der Waals surface area contributed by atoms with Gasteiger partial charge in [-0.25, -0.2) is 0 Å². The highest BCUT2D eigenvalue weighted by Crippen LogP contribution is 2.37. The Bertz CT molecular complexity index is 197. The number of nitrogens with one attached hydrogen (secondary N) is 1. The predicted molar refractivity (Wildman–Crippen MR) is 64.0 cm³/mol. The summed E-state index contributed by atoms with van der Waals surface area (Å²) in [5, 5.41) is 3.31. The van der Waals surface area contributed by atoms with Crippen LogP contribution < -0.4 is 11.1 Å². The summed E-state index contributed by atoms with van der Waals surface area (Å²) < 4.78 is 0. The van der Waals surface area contributed by atoms with Gasteiger partial charge in [0.1, 0.15) is 0 Å². The van der Waals surface area contributed by atoms with Crippen LogP contribution in [0.1, 0.15) is 41.5 Å². The third kappa shape index (κ3) is 3.70. The van der Waals surface area contributed by atoms with Crippen molar-refractivity contribution in [3.63, 3.8) is 0 Å². The number of hydrogen-bond donors (Lipinski definition) is 2. The van der Waals surface area contributed by atoms with Crippen LogP contribution >= 0.6 is 0 Å². The van der Waals surface area contributed by atoms with E-state index in [1.54, 1.807) is 0 Å². The second-order valence-corrected chi connectivity index (χ2v) is 5.80. The molecule has 0 fully saturated rings. The fraction of sp³-hybridized carbons (Fsp3) is 0.833. The monoisotopic (exact) mass is 198 g/mol. The molecule has 1 atom stereocenters. The van der Waals surface area contributed by atoms with Crippen LogP contribution in [0.5, 0.6) is 0 Å². The lowest BCUT2D eigenvalue weighted by Gasteiger charge is -2.39. The van der Waals surface area contributed by atoms with Gasteiger partial charge in [0.15, 0.2) is 0 Å². The molecule has 1 unspecified atom stereocenters. The normalized spacial score (nSPS) is 15.1. The molecule has 0 saturated heterocycles. The summed E-state index contributed by atoms with van der Waals surface area (Å²) in [5.41, 5.74) is 7.13. The minimum atomic E-state index is 0.0192. The molecule has 0 radical (unpaired) electrons. The van der Waals surface area contributed by atoms with Gasteiger partial charge in [0.25, 0.3) is 0 Å². The van der Waals surface area contributed by atoms with Crippen LogP contribution in [-0.2, 0) is 0 Å². The minimum absolute atomic E-state index is 0.0192. The molecule has 0 aromatic heterocycles. The topological polar surface area (TPSA) is 38.0 Å². The first kappa shape index (κ1) is 13.5. The fourth-order valence-corrected chi connectivity index (χ4v) is 0.761. The summed E-state index contributed by atoms with van der Waals surface area (Å²) in [7, 11) is 0. The van der Waals surface area contributed by atoms with Crippen LogP contribution in [-0.4, -0.2) is 12.6 Å². The molecule has 84 valence electrons. The molecular weight excluding hydrogens is 172 g/mol. The first-order chi connectivity index (χ1) is 6.08. The average Bonchev–Trinajstić information content (AvgIpc) is 1.97. The molecule has 0 heterocycles. The van der Waals surface area contributed by atoms with Crippen LogP contribution in [0.4, 0.5) is 0 Å². The van der Waals surface area contributed by atoms with E-state index in [1.807, 2.05) is 6.92 Å². The van der Waals surface area contributed by atoms with Crippen molar-refractivity contribution in [1.82, 2.24) is 5.32 Å². The van der Waals surface area contributed by atoms with E-state index < -0.39 is 0 Å². The quantitative estimate of drug-likeness (QED) is 0.728. The van der Waals surface area contributed by atoms with Crippen molar-refractivity contribution >= 4 is 0 Å². The van der Waals surface area contributed by atoms with Gasteiger partial charge in [-0.15, -0.1) is 0 Å². The van der Waals surface area contributed by atoms with Crippen molar-refractivity contribution < 1.29 is 0 Å². The van der Waals surface area contributed by atoms with E-state index in [9.17, 15) is 0 Å². The Hall–Kier alpha value is -0.500. The van der Waals surface area contributed by atoms with E-state index in [4.69, 9.17) is 5.73 Å². The van der Waals surface area contributed by atoms with Crippen molar-refractivity contribution in [3.8, 4) is 0 Å². The van der Waals surface area contributed by atoms with E-state index in [0.717, 1.165) is 12.2 Å². The third-order valence-electron chi connectivity index (χ3n) is 3.34. The standard InChI is InChI=1S/C12H26N2/c1-9(13)10(2)14-8-12(6,7)11(3,4)5/h9,14H,2,8,13H2,1,3-7H3. The fourth-order valence-electron chi connectivity index (χ4n) is 0.761. The lowest BCUT2D eigenvalue weighted by molar-refractivity contribution is 0.132. The maximum Gasteiger partial charge on any atom is 0.0409 e. The molecule has 0 rings (SSSR count). The summed E-state index contributed by atoms with van der Waals surface area (Å²) in [5.74, 6) is 0. The third-order valence-corrected chi connectivity index (χ3v) is 3.34. The Morgan fingerprint density at radius 1 is 1.29 bits per heavy atom. The van der Waals surface area contributed by atoms with Crippen molar-refractivity contribution in [2.24, 2.45) is 16.6 Å². The SMILES string of the molecule is C=C(NCC(C)(C)C(C)(C)C)C(C)N. The van der Waals surface area contributed by atoms with E-state index in [0.29, 0.717) is 0 Å². The highest BCUT2D eigenvalue weighted by molar-refractivity contribution is 5.01. The Balaban J connectivity index is 4.20. The van der Waals surface area contributed by atoms with Gasteiger partial charge >= 0.3 is 0 Å². The van der Waals surface area contributed by atoms with Gasteiger partial charge in [0.2, 0.25) is 0 Å². The number of hydrogen-bond acceptors (Lipinski definition) is 2. The Morgan fingerprint density at radius 3 is 2.00 bits per heavy atom. The molecule has 0 saturated carbocycles. The number of rotatable bonds is 4. The lowest BCUT2D eigenvalue weighted by atomic mass is 9.69. The van der Waals surface area contributed by atoms with Gasteiger partial charge in [-0.05, 0) is 17.8 Å². The van der Waals surface area contributed by atoms with Crippen molar-refractivity contribution in [2.45, 2.75) is 47.6 Å². The van der Waals surface area contributed by atoms with Gasteiger partial charge in [0.05, 0.1) is 0 Å². The lowest BCUT2D eigenvalue weighted by Crippen LogP contribution is -2.41. The zero-order valence-electron chi connectivity index (χ0n) is 10.6. The molecule has 2 nitrogen and oxygen atoms in total. The molecule has 14 heavy (non-hydrogen) atoms. The Kier molecular flexibility index (Phi) is 4.19. The first-order valence-corrected chi connectivity index (χ1v) is 5.26. The van der Waals surface area contributed by atoms with Crippen LogP contribution in [0.25, 0.3) is 0 Å². The summed E-state index contributed by atoms with van der Waals surface area (Å²) in [6.07, 6.45) is 0. The molecular formula is C12H26N2. The van der Waals surface area contributed by atoms with E-state index in [-0.39, 0.29) is 16.9 Å². The largest absolute Gasteiger partial charge is 0.387 e. The van der Waals surface area contributed by atoms with Gasteiger partial charge in [-0.2, -0.15) is 0 Å². The molecule has 0 aromatic carbocycles. The van der Waals surface area contributed by atoms with E-state index in [2.05, 4.69) is 46.5 Å². The second kappa shape index (κ2) is 4.35. The van der Waals surface area contributed by atoms with Crippen LogP contribution in [0.15, 0.2) is 12.3 Å². The average molecular weight is 198 g/mol. The summed E-state index contributed by atoms with van der Waals surface area (Å²) in [4.78, 5) is 0. The molecule has 0 spiro atoms. The van der Waals surface area contributed by atoms with Crippen LogP contribution in [0.2, 0.25) is 0 Å². The highest BCUT2D eigenvalue weighted by atomic mass is 14.9. The van der Waals surface area contributed by atoms with Crippen molar-refractivity contribution in [1.29, 1.82) is 0 Å². The van der Waals surface area contributed by atoms with Crippen LogP contribution in [0.3, 0.4) is 0 Å². The zero-order valence-corrected chi connectivity index (χ0v) is 10.6. The minimum Gasteiger partial charge on any atom is -0.387 e. The molecule has 0 aliphatic carbocycles. The summed E-state index contributed by atoms with van der Waals surface area (Å²) in [6, 6.07) is 0.0192. The molecule has 2 heteroatoms. The van der Waals surface area contributed by atoms with Crippen molar-refractivity contribution in [2.75, 3.05) is 6.54 Å². The van der Waals surface area contributed by atoms with Crippen LogP contribution in [0, 0.1) is 10.8 Å². The molecule has 0 bridgehead atoms. The Morgan fingerprint density at radius 2 is 1.71 bits per heavy atom. The first-order valence-electron chi connectivity index (χ1n) is 5.26. The highest BCUT2D eigenvalue weighted by Gasteiger charge is 2.32. The van der Waals surface area contributed by atoms with Gasteiger partial charge in [-0.1, -0.05) is 41.2 Å². The van der Waals surface area contributed by atoms with Gasteiger partial charge in [-0.3, -0.25) is 0 Å². The molecule has 0 aliphatic heterocycles. The Labute approximate surface area is 89.0 Å². The second-order valence-electron chi connectivity index (χ2n) is 5.80. The number of nitrogens with two attached hydrogens (primary N) is 1. The molecule has 0 aromatic rings. The van der Waals surface area contributed by atoms with E-state index >= 15 is 0 Å². The summed E-state index contributed by atoms with van der Waals surface area (Å²) >= 11 is 0. The smallest absolute Gasteiger partial charge is 0.0409 e. The van der Waals surface area contributed by atoms with Gasteiger partial charge < -0.3 is 11.1 Å². The molecule has 0 aliphatic rings.